The lowest BCUT2D eigenvalue weighted by atomic mass is 9.39. The van der Waals surface area contributed by atoms with Crippen LogP contribution in [0.4, 0.5) is 0 Å². The van der Waals surface area contributed by atoms with E-state index in [1.807, 2.05) is 13.8 Å². The van der Waals surface area contributed by atoms with Crippen LogP contribution in [-0.4, -0.2) is 101 Å². The molecule has 9 rings (SSSR count). The van der Waals surface area contributed by atoms with E-state index in [4.69, 9.17) is 9.47 Å². The van der Waals surface area contributed by atoms with Gasteiger partial charge in [-0.3, -0.25) is 19.2 Å². The third-order valence-electron chi connectivity index (χ3n) is 16.4. The fourth-order valence-corrected chi connectivity index (χ4v) is 11.9. The van der Waals surface area contributed by atoms with Crippen LogP contribution in [-0.2, 0) is 35.5 Å². The lowest BCUT2D eigenvalue weighted by Gasteiger charge is -2.68. The predicted octanol–water partition coefficient (Wildman–Crippen LogP) is 9.04. The van der Waals surface area contributed by atoms with Gasteiger partial charge in [0.05, 0.1) is 41.8 Å². The molecule has 71 heavy (non-hydrogen) atoms. The summed E-state index contributed by atoms with van der Waals surface area (Å²) in [5, 5.41) is 58.2. The molecule has 6 N–H and O–H groups in total. The van der Waals surface area contributed by atoms with E-state index in [1.54, 1.807) is 4.90 Å². The molecule has 0 radical (unpaired) electrons. The number of carboxylic acid groups (broad SMARTS) is 1. The Kier molecular flexibility index (Phi) is 14.4. The monoisotopic (exact) mass is 978 g/mol. The van der Waals surface area contributed by atoms with Gasteiger partial charge in [-0.2, -0.15) is 0 Å². The number of carboxylic acids is 1. The first-order valence-electron chi connectivity index (χ1n) is 25.7. The molecule has 2 aromatic rings. The molecule has 0 aromatic heterocycles. The molecule has 5 atom stereocenters. The first-order valence-corrected chi connectivity index (χ1v) is 25.7. The van der Waals surface area contributed by atoms with E-state index in [9.17, 15) is 44.7 Å². The molecule has 4 heterocycles. The fourth-order valence-electron chi connectivity index (χ4n) is 11.9. The van der Waals surface area contributed by atoms with Gasteiger partial charge < -0.3 is 50.1 Å². The number of aromatic hydroxyl groups is 2. The number of ether oxygens (including phenoxy) is 2. The molecule has 384 valence electrons. The van der Waals surface area contributed by atoms with Crippen molar-refractivity contribution in [1.82, 2.24) is 15.1 Å². The molecule has 3 saturated carbocycles. The minimum Gasteiger partial charge on any atom is -0.508 e. The van der Waals surface area contributed by atoms with Crippen LogP contribution in [0.15, 0.2) is 58.7 Å². The molecule has 4 aliphatic heterocycles. The lowest BCUT2D eigenvalue weighted by Crippen LogP contribution is -2.78. The molecule has 3 aliphatic carbocycles. The van der Waals surface area contributed by atoms with Gasteiger partial charge in [-0.05, 0) is 151 Å². The number of carbonyl (C=O) groups excluding carboxylic acids is 3. The highest BCUT2D eigenvalue weighted by molar-refractivity contribution is 6.03. The maximum absolute atomic E-state index is 14.5. The minimum atomic E-state index is -1.02. The standard InChI is InChI=1S/C57H75N3O11/c1-33(2)14-9-16-35(5)18-11-21-54(7)46(63)26-39-44(61)24-37-41(48(39)70-54)28-59(51(37)66)23-13-20-43(50(65)58-57-30-56(31-57,32-57)53(68)69)60-29-42-38(52(60)67)25-45(62)40-27-47(64)55(8,71-49(40)42)22-12-19-36(6)17-10-15-34(3)4/h14-15,18-19,24-25,43,46-47,61-64H,9-13,16-17,20-23,26-32H2,1-8H3,(H,58,65)(H,68,69)/b35-18+,36-19+/t43-,46-,47-,54+,55+,56?,57?/m0/s1. The van der Waals surface area contributed by atoms with Crippen LogP contribution >= 0.6 is 0 Å². The van der Waals surface area contributed by atoms with Crippen LogP contribution in [0.1, 0.15) is 182 Å². The predicted molar refractivity (Wildman–Crippen MR) is 269 cm³/mol. The summed E-state index contributed by atoms with van der Waals surface area (Å²) in [5.41, 5.74) is 4.11. The van der Waals surface area contributed by atoms with Crippen molar-refractivity contribution in [2.45, 2.75) is 200 Å². The van der Waals surface area contributed by atoms with E-state index in [0.717, 1.165) is 25.7 Å². The molecule has 0 spiro atoms. The number of benzene rings is 2. The first kappa shape index (κ1) is 51.7. The average molecular weight is 978 g/mol. The highest BCUT2D eigenvalue weighted by Gasteiger charge is 2.73. The van der Waals surface area contributed by atoms with Crippen molar-refractivity contribution in [1.29, 1.82) is 0 Å². The first-order chi connectivity index (χ1) is 33.5. The van der Waals surface area contributed by atoms with Crippen molar-refractivity contribution >= 4 is 23.7 Å². The lowest BCUT2D eigenvalue weighted by molar-refractivity contribution is -0.200. The smallest absolute Gasteiger partial charge is 0.309 e. The molecular weight excluding hydrogens is 903 g/mol. The summed E-state index contributed by atoms with van der Waals surface area (Å²) in [4.78, 5) is 58.2. The van der Waals surface area contributed by atoms with Gasteiger partial charge in [0.1, 0.15) is 40.2 Å². The molecule has 0 unspecified atom stereocenters. The molecule has 14 heteroatoms. The van der Waals surface area contributed by atoms with E-state index < -0.39 is 58.2 Å². The van der Waals surface area contributed by atoms with Crippen molar-refractivity contribution in [3.63, 3.8) is 0 Å². The SMILES string of the molecule is CC(C)=CCC/C(C)=C/CC[C@@]1(C)Oc2c(c(O)cc3c2CN(CCC[C@@H](C(=O)NC24CC(C(=O)O)(C2)C4)N2Cc4c(cc(O)c5c4O[C@](C)(CC/C=C(\C)CCC=C(C)C)[C@@H](O)C5)C2=O)C3=O)C[C@@H]1O. The number of fused-ring (bicyclic) bond motifs is 6. The molecule has 2 aromatic carbocycles. The summed E-state index contributed by atoms with van der Waals surface area (Å²) in [7, 11) is 0. The zero-order valence-corrected chi connectivity index (χ0v) is 43.0. The number of aliphatic hydroxyl groups is 2. The second kappa shape index (κ2) is 19.8. The number of allylic oxidation sites excluding steroid dienone is 8. The molecule has 3 amide bonds. The highest BCUT2D eigenvalue weighted by Crippen LogP contribution is 2.67. The van der Waals surface area contributed by atoms with Gasteiger partial charge in [-0.1, -0.05) is 46.6 Å². The van der Waals surface area contributed by atoms with Gasteiger partial charge in [0.2, 0.25) is 5.91 Å². The number of phenolic OH excluding ortho intramolecular Hbond substituents is 2. The molecule has 0 saturated heterocycles. The van der Waals surface area contributed by atoms with Gasteiger partial charge in [-0.25, -0.2) is 0 Å². The van der Waals surface area contributed by atoms with Gasteiger partial charge in [0.25, 0.3) is 11.8 Å². The zero-order chi connectivity index (χ0) is 51.4. The number of aliphatic hydroxyl groups excluding tert-OH is 2. The Morgan fingerprint density at radius 2 is 1.20 bits per heavy atom. The quantitative estimate of drug-likeness (QED) is 0.0691. The van der Waals surface area contributed by atoms with Crippen molar-refractivity contribution in [3.05, 3.63) is 92.1 Å². The average Bonchev–Trinajstić information content (AvgIpc) is 3.75. The Morgan fingerprint density at radius 3 is 1.68 bits per heavy atom. The number of amides is 3. The van der Waals surface area contributed by atoms with Gasteiger partial charge in [0, 0.05) is 47.2 Å². The zero-order valence-electron chi connectivity index (χ0n) is 43.0. The van der Waals surface area contributed by atoms with Crippen LogP contribution in [0.25, 0.3) is 0 Å². The summed E-state index contributed by atoms with van der Waals surface area (Å²) >= 11 is 0. The van der Waals surface area contributed by atoms with Crippen molar-refractivity contribution in [2.75, 3.05) is 6.54 Å². The summed E-state index contributed by atoms with van der Waals surface area (Å²) < 4.78 is 13.3. The number of nitrogens with one attached hydrogen (secondary N) is 1. The topological polar surface area (TPSA) is 206 Å². The third-order valence-corrected chi connectivity index (χ3v) is 16.4. The third kappa shape index (κ3) is 10.1. The van der Waals surface area contributed by atoms with E-state index >= 15 is 0 Å². The van der Waals surface area contributed by atoms with Crippen LogP contribution in [0.2, 0.25) is 0 Å². The van der Waals surface area contributed by atoms with Crippen molar-refractivity contribution in [2.24, 2.45) is 5.41 Å². The maximum Gasteiger partial charge on any atom is 0.309 e. The number of rotatable bonds is 20. The Balaban J connectivity index is 0.980. The molecule has 7 aliphatic rings. The Hall–Kier alpha value is -5.60. The minimum absolute atomic E-state index is 0.00317. The van der Waals surface area contributed by atoms with Crippen molar-refractivity contribution < 1.29 is 54.2 Å². The second-order valence-electron chi connectivity index (χ2n) is 22.8. The maximum atomic E-state index is 14.5. The highest BCUT2D eigenvalue weighted by atomic mass is 16.5. The number of hydrogen-bond acceptors (Lipinski definition) is 10. The van der Waals surface area contributed by atoms with Gasteiger partial charge >= 0.3 is 5.97 Å². The summed E-state index contributed by atoms with van der Waals surface area (Å²) in [5.74, 6) is -1.60. The number of carbonyl (C=O) groups is 4. The second-order valence-corrected chi connectivity index (χ2v) is 22.8. The molecule has 14 nitrogen and oxygen atoms in total. The Labute approximate surface area is 418 Å². The summed E-state index contributed by atoms with van der Waals surface area (Å²) in [6.07, 6.45) is 14.8. The van der Waals surface area contributed by atoms with Gasteiger partial charge in [-0.15, -0.1) is 0 Å². The number of phenols is 2. The van der Waals surface area contributed by atoms with Crippen LogP contribution in [0.5, 0.6) is 23.0 Å². The van der Waals surface area contributed by atoms with E-state index in [-0.39, 0.29) is 61.9 Å². The normalized spacial score (nSPS) is 27.5. The van der Waals surface area contributed by atoms with E-state index in [0.29, 0.717) is 90.7 Å². The number of nitrogens with zero attached hydrogens (tertiary/aromatic N) is 2. The van der Waals surface area contributed by atoms with E-state index in [1.165, 1.54) is 39.3 Å². The number of aliphatic carboxylic acids is 1. The summed E-state index contributed by atoms with van der Waals surface area (Å²) in [6.45, 7) is 16.7. The van der Waals surface area contributed by atoms with Crippen LogP contribution in [0.3, 0.4) is 0 Å². The molecular formula is C57H75N3O11. The number of hydrogen-bond donors (Lipinski definition) is 6. The summed E-state index contributed by atoms with van der Waals surface area (Å²) in [6, 6.07) is 1.83. The Morgan fingerprint density at radius 1 is 0.718 bits per heavy atom. The fraction of sp³-hybridized carbons (Fsp3) is 0.579. The molecule has 2 bridgehead atoms. The van der Waals surface area contributed by atoms with Gasteiger partial charge in [0.15, 0.2) is 0 Å². The largest absolute Gasteiger partial charge is 0.508 e. The van der Waals surface area contributed by atoms with Crippen molar-refractivity contribution in [3.8, 4) is 23.0 Å². The van der Waals surface area contributed by atoms with Crippen LogP contribution in [0, 0.1) is 5.41 Å². The molecule has 3 fully saturated rings. The van der Waals surface area contributed by atoms with E-state index in [2.05, 4.69) is 71.2 Å². The Bertz CT molecular complexity index is 2600. The van der Waals surface area contributed by atoms with Crippen LogP contribution < -0.4 is 14.8 Å².